The highest BCUT2D eigenvalue weighted by molar-refractivity contribution is 5.79. The molecule has 5 rings (SSSR count). The van der Waals surface area contributed by atoms with Crippen LogP contribution in [0.1, 0.15) is 19.4 Å². The molecule has 33 heavy (non-hydrogen) atoms. The van der Waals surface area contributed by atoms with Gasteiger partial charge in [-0.2, -0.15) is 15.0 Å². The van der Waals surface area contributed by atoms with Gasteiger partial charge >= 0.3 is 0 Å². The van der Waals surface area contributed by atoms with Gasteiger partial charge in [-0.3, -0.25) is 4.79 Å². The van der Waals surface area contributed by atoms with Gasteiger partial charge in [0, 0.05) is 72.9 Å². The lowest BCUT2D eigenvalue weighted by Gasteiger charge is -2.36. The number of carbonyl (C=O) groups is 1. The largest absolute Gasteiger partial charge is 0.382 e. The van der Waals surface area contributed by atoms with Gasteiger partial charge in [-0.05, 0) is 19.9 Å². The molecule has 4 aromatic rings. The molecule has 1 amide bonds. The smallest absolute Gasteiger partial charge is 0.209 e. The predicted octanol–water partition coefficient (Wildman–Crippen LogP) is 2.46. The Kier molecular flexibility index (Phi) is 5.22. The third-order valence-corrected chi connectivity index (χ3v) is 5.60. The van der Waals surface area contributed by atoms with Crippen molar-refractivity contribution in [3.05, 3.63) is 48.8 Å². The number of rotatable bonds is 7. The minimum Gasteiger partial charge on any atom is -0.382 e. The number of nitriles is 1. The molecule has 10 nitrogen and oxygen atoms in total. The highest BCUT2D eigenvalue weighted by Crippen LogP contribution is 2.29. The Morgan fingerprint density at radius 3 is 2.82 bits per heavy atom. The van der Waals surface area contributed by atoms with Crippen molar-refractivity contribution in [2.24, 2.45) is 5.92 Å². The van der Waals surface area contributed by atoms with Crippen molar-refractivity contribution >= 4 is 23.1 Å². The van der Waals surface area contributed by atoms with Crippen LogP contribution in [0.2, 0.25) is 0 Å². The van der Waals surface area contributed by atoms with E-state index in [0.717, 1.165) is 48.4 Å². The van der Waals surface area contributed by atoms with Crippen LogP contribution in [0.5, 0.6) is 0 Å². The minimum absolute atomic E-state index is 0.205. The molecule has 166 valence electrons. The molecule has 0 aliphatic carbocycles. The standard InChI is InChI=1S/C23H23N9O/c1-15(2)29-20-4-22(32-23-18(7-28-32)3-16(5-24)6-26-23)25-8-19(20)21-12-30(13-27-21)9-17-10-31(11-17)14-33/h3-4,6-8,12-15,17H,9-11H2,1-2H3,(H,25,29). The van der Waals surface area contributed by atoms with E-state index in [1.54, 1.807) is 28.0 Å². The Morgan fingerprint density at radius 2 is 2.06 bits per heavy atom. The van der Waals surface area contributed by atoms with Crippen molar-refractivity contribution < 1.29 is 4.79 Å². The zero-order chi connectivity index (χ0) is 22.9. The van der Waals surface area contributed by atoms with Gasteiger partial charge in [-0.15, -0.1) is 0 Å². The molecule has 0 aromatic carbocycles. The van der Waals surface area contributed by atoms with E-state index in [4.69, 9.17) is 5.26 Å². The van der Waals surface area contributed by atoms with Crippen LogP contribution >= 0.6 is 0 Å². The van der Waals surface area contributed by atoms with Crippen LogP contribution in [0.3, 0.4) is 0 Å². The fourth-order valence-corrected chi connectivity index (χ4v) is 4.05. The first-order chi connectivity index (χ1) is 16.0. The number of amides is 1. The number of aromatic nitrogens is 6. The summed E-state index contributed by atoms with van der Waals surface area (Å²) in [6, 6.07) is 6.00. The number of nitrogens with one attached hydrogen (secondary N) is 1. The zero-order valence-electron chi connectivity index (χ0n) is 18.4. The van der Waals surface area contributed by atoms with E-state index in [1.165, 1.54) is 6.20 Å². The van der Waals surface area contributed by atoms with Crippen LogP contribution in [0, 0.1) is 17.2 Å². The van der Waals surface area contributed by atoms with Gasteiger partial charge in [-0.1, -0.05) is 0 Å². The van der Waals surface area contributed by atoms with Crippen LogP contribution in [0.15, 0.2) is 43.2 Å². The van der Waals surface area contributed by atoms with Crippen molar-refractivity contribution in [3.63, 3.8) is 0 Å². The quantitative estimate of drug-likeness (QED) is 0.438. The number of imidazole rings is 1. The third-order valence-electron chi connectivity index (χ3n) is 5.60. The average molecular weight is 441 g/mol. The summed E-state index contributed by atoms with van der Waals surface area (Å²) in [5.74, 6) is 1.07. The van der Waals surface area contributed by atoms with Gasteiger partial charge in [0.2, 0.25) is 6.41 Å². The highest BCUT2D eigenvalue weighted by Gasteiger charge is 2.25. The molecule has 0 radical (unpaired) electrons. The maximum Gasteiger partial charge on any atom is 0.209 e. The molecule has 10 heteroatoms. The van der Waals surface area contributed by atoms with Crippen LogP contribution < -0.4 is 5.32 Å². The zero-order valence-corrected chi connectivity index (χ0v) is 18.4. The van der Waals surface area contributed by atoms with E-state index in [-0.39, 0.29) is 6.04 Å². The molecule has 0 saturated carbocycles. The van der Waals surface area contributed by atoms with Crippen molar-refractivity contribution in [1.29, 1.82) is 5.26 Å². The molecule has 1 fully saturated rings. The number of hydrogen-bond donors (Lipinski definition) is 1. The second-order valence-electron chi connectivity index (χ2n) is 8.57. The Morgan fingerprint density at radius 1 is 1.21 bits per heavy atom. The number of hydrogen-bond acceptors (Lipinski definition) is 7. The van der Waals surface area contributed by atoms with Crippen LogP contribution in [0.4, 0.5) is 5.69 Å². The number of carbonyl (C=O) groups excluding carboxylic acids is 1. The summed E-state index contributed by atoms with van der Waals surface area (Å²) in [5, 5.41) is 17.8. The predicted molar refractivity (Wildman–Crippen MR) is 122 cm³/mol. The molecule has 5 heterocycles. The number of fused-ring (bicyclic) bond motifs is 1. The van der Waals surface area contributed by atoms with Crippen molar-refractivity contribution in [1.82, 2.24) is 34.2 Å². The van der Waals surface area contributed by atoms with Gasteiger partial charge in [-0.25, -0.2) is 15.0 Å². The fourth-order valence-electron chi connectivity index (χ4n) is 4.05. The number of pyridine rings is 2. The van der Waals surface area contributed by atoms with E-state index < -0.39 is 0 Å². The fraction of sp³-hybridized carbons (Fsp3) is 0.304. The second-order valence-corrected chi connectivity index (χ2v) is 8.57. The summed E-state index contributed by atoms with van der Waals surface area (Å²) in [5.41, 5.74) is 3.74. The van der Waals surface area contributed by atoms with E-state index >= 15 is 0 Å². The molecule has 1 saturated heterocycles. The van der Waals surface area contributed by atoms with Crippen molar-refractivity contribution in [3.8, 4) is 23.1 Å². The Balaban J connectivity index is 1.46. The SMILES string of the molecule is CC(C)Nc1cc(-n2ncc3cc(C#N)cnc32)ncc1-c1cn(CC2CN(C=O)C2)cn1. The van der Waals surface area contributed by atoms with Crippen LogP contribution in [0.25, 0.3) is 28.1 Å². The minimum atomic E-state index is 0.205. The summed E-state index contributed by atoms with van der Waals surface area (Å²) < 4.78 is 3.73. The number of likely N-dealkylation sites (tertiary alicyclic amines) is 1. The lowest BCUT2D eigenvalue weighted by Crippen LogP contribution is -2.47. The summed E-state index contributed by atoms with van der Waals surface area (Å²) in [4.78, 5) is 26.2. The average Bonchev–Trinajstić information content (AvgIpc) is 3.42. The molecule has 0 spiro atoms. The summed E-state index contributed by atoms with van der Waals surface area (Å²) in [6.07, 6.45) is 9.74. The molecule has 1 N–H and O–H groups in total. The van der Waals surface area contributed by atoms with Gasteiger partial charge < -0.3 is 14.8 Å². The maximum absolute atomic E-state index is 10.8. The summed E-state index contributed by atoms with van der Waals surface area (Å²) in [7, 11) is 0. The first-order valence-electron chi connectivity index (χ1n) is 10.8. The molecular weight excluding hydrogens is 418 g/mol. The molecule has 0 unspecified atom stereocenters. The summed E-state index contributed by atoms with van der Waals surface area (Å²) in [6.45, 7) is 6.55. The van der Waals surface area contributed by atoms with Gasteiger partial charge in [0.25, 0.3) is 0 Å². The topological polar surface area (TPSA) is 118 Å². The van der Waals surface area contributed by atoms with Crippen molar-refractivity contribution in [2.45, 2.75) is 26.4 Å². The normalized spacial score (nSPS) is 13.8. The number of nitrogens with zero attached hydrogens (tertiary/aromatic N) is 8. The lowest BCUT2D eigenvalue weighted by atomic mass is 10.0. The van der Waals surface area contributed by atoms with E-state index in [9.17, 15) is 4.79 Å². The molecule has 4 aromatic heterocycles. The van der Waals surface area contributed by atoms with E-state index in [2.05, 4.69) is 49.9 Å². The van der Waals surface area contributed by atoms with Crippen LogP contribution in [-0.2, 0) is 11.3 Å². The van der Waals surface area contributed by atoms with Gasteiger partial charge in [0.05, 0.1) is 23.8 Å². The molecule has 1 aliphatic rings. The second kappa shape index (κ2) is 8.35. The monoisotopic (exact) mass is 441 g/mol. The van der Waals surface area contributed by atoms with Crippen molar-refractivity contribution in [2.75, 3.05) is 18.4 Å². The Hall–Kier alpha value is -4.26. The first kappa shape index (κ1) is 20.6. The van der Waals surface area contributed by atoms with E-state index in [1.807, 2.05) is 18.6 Å². The number of anilines is 1. The molecule has 1 aliphatic heterocycles. The highest BCUT2D eigenvalue weighted by atomic mass is 16.1. The van der Waals surface area contributed by atoms with Crippen LogP contribution in [-0.4, -0.2) is 59.7 Å². The molecular formula is C23H23N9O. The molecule has 0 bridgehead atoms. The third kappa shape index (κ3) is 4.01. The lowest BCUT2D eigenvalue weighted by molar-refractivity contribution is -0.124. The molecule has 0 atom stereocenters. The van der Waals surface area contributed by atoms with Gasteiger partial charge in [0.1, 0.15) is 6.07 Å². The Bertz CT molecular complexity index is 1360. The summed E-state index contributed by atoms with van der Waals surface area (Å²) >= 11 is 0. The maximum atomic E-state index is 10.8. The van der Waals surface area contributed by atoms with E-state index in [0.29, 0.717) is 22.9 Å². The Labute approximate surface area is 190 Å². The van der Waals surface area contributed by atoms with Gasteiger partial charge in [0.15, 0.2) is 11.5 Å². The first-order valence-corrected chi connectivity index (χ1v) is 10.8.